The Labute approximate surface area is 145 Å². The van der Waals surface area contributed by atoms with Gasteiger partial charge < -0.3 is 4.98 Å². The molecular weight excluding hydrogens is 377 g/mol. The zero-order valence-corrected chi connectivity index (χ0v) is 13.8. The van der Waals surface area contributed by atoms with Gasteiger partial charge in [0.2, 0.25) is 0 Å². The van der Waals surface area contributed by atoms with Crippen LogP contribution in [0.1, 0.15) is 5.56 Å². The highest BCUT2D eigenvalue weighted by Crippen LogP contribution is 2.31. The van der Waals surface area contributed by atoms with Crippen molar-refractivity contribution in [1.82, 2.24) is 4.98 Å². The Hall–Kier alpha value is -2.59. The number of aliphatic imine (C=N–C) groups is 1. The Kier molecular flexibility index (Phi) is 4.41. The molecule has 3 aromatic rings. The van der Waals surface area contributed by atoms with E-state index in [1.165, 1.54) is 6.20 Å². The molecule has 0 aliphatic rings. The van der Waals surface area contributed by atoms with Crippen LogP contribution < -0.4 is 5.14 Å². The van der Waals surface area contributed by atoms with E-state index in [4.69, 9.17) is 5.14 Å². The fourth-order valence-electron chi connectivity index (χ4n) is 2.31. The molecule has 0 amide bonds. The van der Waals surface area contributed by atoms with E-state index in [2.05, 4.69) is 9.98 Å². The number of nitrogens with one attached hydrogen (secondary N) is 1. The summed E-state index contributed by atoms with van der Waals surface area (Å²) in [7, 11) is -3.70. The first-order chi connectivity index (χ1) is 12.1. The number of aromatic amines is 1. The molecule has 0 unspecified atom stereocenters. The minimum Gasteiger partial charge on any atom is -0.359 e. The van der Waals surface area contributed by atoms with Gasteiger partial charge in [0.25, 0.3) is 0 Å². The lowest BCUT2D eigenvalue weighted by Gasteiger charge is -2.14. The lowest BCUT2D eigenvalue weighted by molar-refractivity contribution is -0.137. The third-order valence-corrected chi connectivity index (χ3v) is 5.23. The molecule has 0 spiro atoms. The zero-order chi connectivity index (χ0) is 19.1. The molecule has 1 heterocycles. The average molecular weight is 389 g/mol. The predicted octanol–water partition coefficient (Wildman–Crippen LogP) is 4.07. The molecule has 0 atom stereocenters. The second-order valence-corrected chi connectivity index (χ2v) is 7.65. The quantitative estimate of drug-likeness (QED) is 0.269. The summed E-state index contributed by atoms with van der Waals surface area (Å²) in [6, 6.07) is 5.44. The Morgan fingerprint density at radius 3 is 2.31 bits per heavy atom. The molecule has 138 valence electrons. The Balaban J connectivity index is 1.92. The molecular formula is C16H12F5N3OS. The van der Waals surface area contributed by atoms with E-state index in [0.29, 0.717) is 0 Å². The Morgan fingerprint density at radius 1 is 1.08 bits per heavy atom. The number of benzene rings is 2. The lowest BCUT2D eigenvalue weighted by Crippen LogP contribution is -2.24. The van der Waals surface area contributed by atoms with Crippen LogP contribution in [-0.2, 0) is 16.3 Å². The van der Waals surface area contributed by atoms with Crippen molar-refractivity contribution in [3.05, 3.63) is 59.8 Å². The van der Waals surface area contributed by atoms with Crippen molar-refractivity contribution in [2.75, 3.05) is 0 Å². The SMILES string of the molecule is N[SH](=O)(/C=N/c1c[nH]c2cc(F)c(F)cc12)c1ccc(C(F)(F)F)cc1. The second kappa shape index (κ2) is 6.29. The van der Waals surface area contributed by atoms with Crippen LogP contribution in [0.4, 0.5) is 27.6 Å². The highest BCUT2D eigenvalue weighted by Gasteiger charge is 2.30. The van der Waals surface area contributed by atoms with E-state index in [1.54, 1.807) is 0 Å². The average Bonchev–Trinajstić information content (AvgIpc) is 2.95. The van der Waals surface area contributed by atoms with E-state index in [9.17, 15) is 26.2 Å². The number of H-pyrrole nitrogens is 1. The summed E-state index contributed by atoms with van der Waals surface area (Å²) in [4.78, 5) is 6.59. The fraction of sp³-hybridized carbons (Fsp3) is 0.0625. The van der Waals surface area contributed by atoms with Crippen molar-refractivity contribution in [2.24, 2.45) is 10.1 Å². The van der Waals surface area contributed by atoms with Gasteiger partial charge in [0.1, 0.15) is 0 Å². The second-order valence-electron chi connectivity index (χ2n) is 5.48. The molecule has 0 saturated heterocycles. The zero-order valence-electron chi connectivity index (χ0n) is 12.9. The molecule has 3 rings (SSSR count). The van der Waals surface area contributed by atoms with Gasteiger partial charge in [-0.15, -0.1) is 0 Å². The Morgan fingerprint density at radius 2 is 1.69 bits per heavy atom. The summed E-state index contributed by atoms with van der Waals surface area (Å²) < 4.78 is 76.8. The van der Waals surface area contributed by atoms with Crippen molar-refractivity contribution in [2.45, 2.75) is 11.1 Å². The molecule has 0 aliphatic heterocycles. The summed E-state index contributed by atoms with van der Waals surface area (Å²) in [5.74, 6) is -2.11. The minimum atomic E-state index is -4.52. The van der Waals surface area contributed by atoms with Gasteiger partial charge in [0.05, 0.1) is 22.3 Å². The van der Waals surface area contributed by atoms with E-state index in [1.807, 2.05) is 0 Å². The molecule has 3 N–H and O–H groups in total. The first-order valence-corrected chi connectivity index (χ1v) is 9.00. The van der Waals surface area contributed by atoms with Crippen molar-refractivity contribution in [3.63, 3.8) is 0 Å². The summed E-state index contributed by atoms with van der Waals surface area (Å²) in [6.45, 7) is 0. The summed E-state index contributed by atoms with van der Waals surface area (Å²) in [6.07, 6.45) is -3.18. The van der Waals surface area contributed by atoms with E-state index < -0.39 is 33.5 Å². The minimum absolute atomic E-state index is 0.0219. The number of rotatable bonds is 3. The van der Waals surface area contributed by atoms with Gasteiger partial charge in [-0.25, -0.2) is 13.8 Å². The number of halogens is 5. The molecule has 26 heavy (non-hydrogen) atoms. The maximum Gasteiger partial charge on any atom is 0.416 e. The van der Waals surface area contributed by atoms with E-state index in [0.717, 1.165) is 41.9 Å². The summed E-state index contributed by atoms with van der Waals surface area (Å²) in [5, 5.41) is 5.94. The van der Waals surface area contributed by atoms with E-state index in [-0.39, 0.29) is 21.5 Å². The third-order valence-electron chi connectivity index (χ3n) is 3.67. The lowest BCUT2D eigenvalue weighted by atomic mass is 10.2. The number of aromatic nitrogens is 1. The smallest absolute Gasteiger partial charge is 0.359 e. The monoisotopic (exact) mass is 389 g/mol. The number of fused-ring (bicyclic) bond motifs is 1. The molecule has 0 saturated carbocycles. The number of nitrogens with zero attached hydrogens (tertiary/aromatic N) is 1. The van der Waals surface area contributed by atoms with Crippen LogP contribution in [0.2, 0.25) is 0 Å². The third kappa shape index (κ3) is 3.51. The number of hydrogen-bond acceptors (Lipinski definition) is 2. The van der Waals surface area contributed by atoms with Crippen molar-refractivity contribution in [3.8, 4) is 0 Å². The standard InChI is InChI=1S/C16H12F5N3OS/c17-12-5-11-14(6-13(12)18)23-7-15(11)24-8-26(22,25)10-3-1-9(2-4-10)16(19,20)21/h1-8,23,26H,(H2,22,25)/b24-8+. The molecule has 10 heteroatoms. The normalized spacial score (nSPS) is 13.6. The maximum absolute atomic E-state index is 13.4. The van der Waals surface area contributed by atoms with Crippen LogP contribution in [0.25, 0.3) is 10.9 Å². The van der Waals surface area contributed by atoms with E-state index >= 15 is 0 Å². The molecule has 0 radical (unpaired) electrons. The van der Waals surface area contributed by atoms with Crippen LogP contribution in [0.5, 0.6) is 0 Å². The van der Waals surface area contributed by atoms with Crippen molar-refractivity contribution < 1.29 is 26.2 Å². The molecule has 0 fully saturated rings. The van der Waals surface area contributed by atoms with Gasteiger partial charge in [-0.1, -0.05) is 0 Å². The van der Waals surface area contributed by atoms with Gasteiger partial charge in [0, 0.05) is 22.5 Å². The molecule has 0 aliphatic carbocycles. The molecule has 0 bridgehead atoms. The number of alkyl halides is 3. The van der Waals surface area contributed by atoms with Crippen LogP contribution >= 0.6 is 0 Å². The van der Waals surface area contributed by atoms with Crippen LogP contribution in [-0.4, -0.2) is 14.7 Å². The van der Waals surface area contributed by atoms with Gasteiger partial charge in [-0.2, -0.15) is 13.2 Å². The van der Waals surface area contributed by atoms with Gasteiger partial charge in [-0.3, -0.25) is 9.35 Å². The largest absolute Gasteiger partial charge is 0.416 e. The highest BCUT2D eigenvalue weighted by atomic mass is 32.3. The molecule has 2 aromatic carbocycles. The molecule has 1 aromatic heterocycles. The first kappa shape index (κ1) is 18.2. The van der Waals surface area contributed by atoms with Crippen LogP contribution in [0.3, 0.4) is 0 Å². The summed E-state index contributed by atoms with van der Waals surface area (Å²) in [5.41, 5.74) is 0.445. The predicted molar refractivity (Wildman–Crippen MR) is 89.8 cm³/mol. The number of hydrogen-bond donors (Lipinski definition) is 3. The van der Waals surface area contributed by atoms with Gasteiger partial charge >= 0.3 is 6.18 Å². The highest BCUT2D eigenvalue weighted by molar-refractivity contribution is 8.13. The fourth-order valence-corrected chi connectivity index (χ4v) is 3.35. The van der Waals surface area contributed by atoms with Gasteiger partial charge in [0.15, 0.2) is 11.6 Å². The number of nitrogens with two attached hydrogens (primary N) is 1. The van der Waals surface area contributed by atoms with Crippen LogP contribution in [0.15, 0.2) is 52.5 Å². The first-order valence-electron chi connectivity index (χ1n) is 7.15. The van der Waals surface area contributed by atoms with Crippen molar-refractivity contribution in [1.29, 1.82) is 0 Å². The van der Waals surface area contributed by atoms with Gasteiger partial charge in [-0.05, 0) is 40.5 Å². The topological polar surface area (TPSA) is 71.2 Å². The molecule has 4 nitrogen and oxygen atoms in total. The van der Waals surface area contributed by atoms with Crippen molar-refractivity contribution >= 4 is 32.3 Å². The Bertz CT molecular complexity index is 1040. The van der Waals surface area contributed by atoms with Crippen LogP contribution in [0, 0.1) is 11.6 Å². The number of thiol groups is 1. The summed E-state index contributed by atoms with van der Waals surface area (Å²) >= 11 is 0. The maximum atomic E-state index is 13.4.